The van der Waals surface area contributed by atoms with Crippen molar-refractivity contribution in [1.82, 2.24) is 5.32 Å². The summed E-state index contributed by atoms with van der Waals surface area (Å²) < 4.78 is 0. The second-order valence-electron chi connectivity index (χ2n) is 4.96. The van der Waals surface area contributed by atoms with Crippen LogP contribution < -0.4 is 11.1 Å². The summed E-state index contributed by atoms with van der Waals surface area (Å²) in [5.41, 5.74) is 5.39. The van der Waals surface area contributed by atoms with Crippen molar-refractivity contribution in [1.29, 1.82) is 0 Å². The number of nitrogens with one attached hydrogen (secondary N) is 1. The standard InChI is InChI=1S/C10H21N3O2/c1-6(9(11)13-15)5-12-7-4-8(14)10(7,2)3/h6-8,12,14-15H,4-5H2,1-3H3,(H2,11,13). The molecule has 1 rings (SSSR count). The Morgan fingerprint density at radius 1 is 1.67 bits per heavy atom. The molecule has 1 saturated carbocycles. The highest BCUT2D eigenvalue weighted by Gasteiger charge is 2.46. The lowest BCUT2D eigenvalue weighted by atomic mass is 9.64. The van der Waals surface area contributed by atoms with Gasteiger partial charge in [-0.1, -0.05) is 25.9 Å². The number of hydrogen-bond acceptors (Lipinski definition) is 4. The molecule has 5 nitrogen and oxygen atoms in total. The highest BCUT2D eigenvalue weighted by molar-refractivity contribution is 5.82. The van der Waals surface area contributed by atoms with Gasteiger partial charge in [-0.3, -0.25) is 0 Å². The highest BCUT2D eigenvalue weighted by atomic mass is 16.4. The maximum absolute atomic E-state index is 9.54. The molecule has 0 radical (unpaired) electrons. The van der Waals surface area contributed by atoms with Crippen LogP contribution in [0.2, 0.25) is 0 Å². The molecule has 3 atom stereocenters. The van der Waals surface area contributed by atoms with Crippen LogP contribution in [0.4, 0.5) is 0 Å². The molecule has 1 aliphatic rings. The number of rotatable bonds is 4. The topological polar surface area (TPSA) is 90.9 Å². The molecule has 0 aliphatic heterocycles. The van der Waals surface area contributed by atoms with Gasteiger partial charge in [-0.25, -0.2) is 0 Å². The van der Waals surface area contributed by atoms with Crippen molar-refractivity contribution in [2.45, 2.75) is 39.3 Å². The van der Waals surface area contributed by atoms with E-state index >= 15 is 0 Å². The summed E-state index contributed by atoms with van der Waals surface area (Å²) in [7, 11) is 0. The minimum atomic E-state index is -0.228. The Morgan fingerprint density at radius 2 is 2.27 bits per heavy atom. The second-order valence-corrected chi connectivity index (χ2v) is 4.96. The monoisotopic (exact) mass is 215 g/mol. The lowest BCUT2D eigenvalue weighted by molar-refractivity contribution is -0.0726. The molecule has 3 unspecified atom stereocenters. The third-order valence-corrected chi connectivity index (χ3v) is 3.51. The van der Waals surface area contributed by atoms with Crippen molar-refractivity contribution in [3.63, 3.8) is 0 Å². The molecule has 1 fully saturated rings. The number of hydrogen-bond donors (Lipinski definition) is 4. The van der Waals surface area contributed by atoms with E-state index in [1.165, 1.54) is 0 Å². The fourth-order valence-corrected chi connectivity index (χ4v) is 1.77. The van der Waals surface area contributed by atoms with Gasteiger partial charge in [-0.05, 0) is 6.42 Å². The minimum absolute atomic E-state index is 0.00328. The summed E-state index contributed by atoms with van der Waals surface area (Å²) in [6, 6.07) is 0.307. The molecule has 5 N–H and O–H groups in total. The average molecular weight is 215 g/mol. The smallest absolute Gasteiger partial charge is 0.143 e. The van der Waals surface area contributed by atoms with E-state index in [0.717, 1.165) is 6.42 Å². The van der Waals surface area contributed by atoms with E-state index in [2.05, 4.69) is 10.5 Å². The van der Waals surface area contributed by atoms with Crippen LogP contribution in [0.15, 0.2) is 5.16 Å². The molecule has 0 spiro atoms. The van der Waals surface area contributed by atoms with Gasteiger partial charge in [0.2, 0.25) is 0 Å². The maximum Gasteiger partial charge on any atom is 0.143 e. The van der Waals surface area contributed by atoms with Gasteiger partial charge in [0, 0.05) is 23.9 Å². The molecule has 0 aromatic heterocycles. The lowest BCUT2D eigenvalue weighted by Gasteiger charge is -2.50. The Hall–Kier alpha value is -0.810. The van der Waals surface area contributed by atoms with E-state index < -0.39 is 0 Å². The predicted octanol–water partition coefficient (Wildman–Crippen LogP) is 0.118. The summed E-state index contributed by atoms with van der Waals surface area (Å²) in [6.07, 6.45) is 0.546. The Kier molecular flexibility index (Phi) is 3.57. The average Bonchev–Trinajstić information content (AvgIpc) is 2.22. The van der Waals surface area contributed by atoms with Gasteiger partial charge in [0.05, 0.1) is 6.10 Å². The normalized spacial score (nSPS) is 32.1. The van der Waals surface area contributed by atoms with Crippen molar-refractivity contribution in [2.75, 3.05) is 6.54 Å². The van der Waals surface area contributed by atoms with Crippen molar-refractivity contribution < 1.29 is 10.3 Å². The van der Waals surface area contributed by atoms with Gasteiger partial charge in [-0.15, -0.1) is 0 Å². The predicted molar refractivity (Wildman–Crippen MR) is 58.8 cm³/mol. The molecule has 15 heavy (non-hydrogen) atoms. The van der Waals surface area contributed by atoms with Gasteiger partial charge in [-0.2, -0.15) is 0 Å². The van der Waals surface area contributed by atoms with Crippen molar-refractivity contribution in [3.8, 4) is 0 Å². The van der Waals surface area contributed by atoms with Crippen LogP contribution in [0.25, 0.3) is 0 Å². The van der Waals surface area contributed by atoms with Gasteiger partial charge in [0.1, 0.15) is 5.84 Å². The Morgan fingerprint density at radius 3 is 2.67 bits per heavy atom. The van der Waals surface area contributed by atoms with E-state index in [1.807, 2.05) is 20.8 Å². The maximum atomic E-state index is 9.54. The first-order valence-electron chi connectivity index (χ1n) is 5.28. The molecule has 0 aromatic carbocycles. The van der Waals surface area contributed by atoms with Crippen molar-refractivity contribution in [3.05, 3.63) is 0 Å². The van der Waals surface area contributed by atoms with E-state index in [-0.39, 0.29) is 23.3 Å². The Balaban J connectivity index is 2.34. The van der Waals surface area contributed by atoms with Gasteiger partial charge >= 0.3 is 0 Å². The van der Waals surface area contributed by atoms with Crippen LogP contribution in [0.3, 0.4) is 0 Å². The summed E-state index contributed by atoms with van der Waals surface area (Å²) >= 11 is 0. The van der Waals surface area contributed by atoms with Gasteiger partial charge in [0.25, 0.3) is 0 Å². The van der Waals surface area contributed by atoms with Gasteiger partial charge < -0.3 is 21.4 Å². The molecule has 5 heteroatoms. The third kappa shape index (κ3) is 2.41. The number of nitrogens with zero attached hydrogens (tertiary/aromatic N) is 1. The quantitative estimate of drug-likeness (QED) is 0.232. The van der Waals surface area contributed by atoms with Gasteiger partial charge in [0.15, 0.2) is 0 Å². The molecule has 0 bridgehead atoms. The molecular formula is C10H21N3O2. The Labute approximate surface area is 90.3 Å². The largest absolute Gasteiger partial charge is 0.409 e. The van der Waals surface area contributed by atoms with Crippen LogP contribution in [-0.2, 0) is 0 Å². The van der Waals surface area contributed by atoms with Crippen molar-refractivity contribution >= 4 is 5.84 Å². The first-order chi connectivity index (χ1) is 6.89. The summed E-state index contributed by atoms with van der Waals surface area (Å²) in [5.74, 6) is 0.240. The van der Waals surface area contributed by atoms with Crippen LogP contribution in [-0.4, -0.2) is 34.8 Å². The fourth-order valence-electron chi connectivity index (χ4n) is 1.77. The number of aliphatic hydroxyl groups excluding tert-OH is 1. The lowest BCUT2D eigenvalue weighted by Crippen LogP contribution is -2.60. The molecule has 0 amide bonds. The number of oxime groups is 1. The number of aliphatic hydroxyl groups is 1. The first-order valence-corrected chi connectivity index (χ1v) is 5.28. The molecule has 88 valence electrons. The fraction of sp³-hybridized carbons (Fsp3) is 0.900. The highest BCUT2D eigenvalue weighted by Crippen LogP contribution is 2.40. The molecular weight excluding hydrogens is 194 g/mol. The van der Waals surface area contributed by atoms with Crippen molar-refractivity contribution in [2.24, 2.45) is 22.2 Å². The summed E-state index contributed by atoms with van der Waals surface area (Å²) in [4.78, 5) is 0. The van der Waals surface area contributed by atoms with Crippen LogP contribution in [0.5, 0.6) is 0 Å². The van der Waals surface area contributed by atoms with E-state index in [1.54, 1.807) is 0 Å². The van der Waals surface area contributed by atoms with Crippen LogP contribution in [0, 0.1) is 11.3 Å². The van der Waals surface area contributed by atoms with Crippen LogP contribution >= 0.6 is 0 Å². The van der Waals surface area contributed by atoms with E-state index in [0.29, 0.717) is 12.6 Å². The third-order valence-electron chi connectivity index (χ3n) is 3.51. The zero-order valence-electron chi connectivity index (χ0n) is 9.57. The molecule has 0 heterocycles. The summed E-state index contributed by atoms with van der Waals surface area (Å²) in [5, 5.41) is 24.3. The minimum Gasteiger partial charge on any atom is -0.409 e. The number of amidine groups is 1. The molecule has 0 saturated heterocycles. The SMILES string of the molecule is CC(CNC1CC(O)C1(C)C)C(N)=NO. The molecule has 1 aliphatic carbocycles. The number of nitrogens with two attached hydrogens (primary N) is 1. The zero-order chi connectivity index (χ0) is 11.6. The second kappa shape index (κ2) is 4.37. The van der Waals surface area contributed by atoms with E-state index in [9.17, 15) is 5.11 Å². The zero-order valence-corrected chi connectivity index (χ0v) is 9.57. The van der Waals surface area contributed by atoms with Crippen LogP contribution in [0.1, 0.15) is 27.2 Å². The Bertz CT molecular complexity index is 253. The first kappa shape index (κ1) is 12.3. The van der Waals surface area contributed by atoms with E-state index in [4.69, 9.17) is 10.9 Å². The molecule has 0 aromatic rings. The summed E-state index contributed by atoms with van der Waals surface area (Å²) in [6.45, 7) is 6.63.